The van der Waals surface area contributed by atoms with Crippen LogP contribution in [0.3, 0.4) is 0 Å². The molecular weight excluding hydrogens is 359 g/mol. The first-order chi connectivity index (χ1) is 13.2. The van der Waals surface area contributed by atoms with Gasteiger partial charge in [-0.2, -0.15) is 0 Å². The van der Waals surface area contributed by atoms with Crippen molar-refractivity contribution in [2.24, 2.45) is 0 Å². The van der Waals surface area contributed by atoms with Crippen LogP contribution < -0.4 is 5.32 Å². The Hall–Kier alpha value is -3.31. The number of thiazole rings is 1. The molecule has 0 bridgehead atoms. The molecule has 0 aliphatic carbocycles. The zero-order chi connectivity index (χ0) is 18.6. The van der Waals surface area contributed by atoms with Gasteiger partial charge in [0, 0.05) is 10.9 Å². The fourth-order valence-electron chi connectivity index (χ4n) is 2.71. The summed E-state index contributed by atoms with van der Waals surface area (Å²) in [5, 5.41) is 4.68. The van der Waals surface area contributed by atoms with E-state index in [2.05, 4.69) is 22.4 Å². The Balaban J connectivity index is 1.52. The third-order valence-electron chi connectivity index (χ3n) is 4.11. The highest BCUT2D eigenvalue weighted by molar-refractivity contribution is 7.12. The lowest BCUT2D eigenvalue weighted by molar-refractivity contribution is 0.102. The maximum atomic E-state index is 13.7. The van der Waals surface area contributed by atoms with Gasteiger partial charge in [0.05, 0.1) is 11.4 Å². The molecule has 1 amide bonds. The van der Waals surface area contributed by atoms with Crippen molar-refractivity contribution in [3.05, 3.63) is 95.1 Å². The van der Waals surface area contributed by atoms with E-state index < -0.39 is 11.7 Å². The van der Waals surface area contributed by atoms with Crippen molar-refractivity contribution in [3.8, 4) is 22.4 Å². The van der Waals surface area contributed by atoms with Crippen LogP contribution in [-0.4, -0.2) is 10.9 Å². The lowest BCUT2D eigenvalue weighted by Crippen LogP contribution is -2.12. The fraction of sp³-hybridized carbons (Fsp3) is 0. The van der Waals surface area contributed by atoms with E-state index in [0.29, 0.717) is 5.01 Å². The Morgan fingerprint density at radius 2 is 1.44 bits per heavy atom. The van der Waals surface area contributed by atoms with Crippen molar-refractivity contribution in [3.63, 3.8) is 0 Å². The molecule has 0 saturated carbocycles. The highest BCUT2D eigenvalue weighted by atomic mass is 32.1. The topological polar surface area (TPSA) is 42.0 Å². The number of carbonyl (C=O) groups is 1. The maximum absolute atomic E-state index is 13.7. The van der Waals surface area contributed by atoms with Crippen molar-refractivity contribution in [2.75, 3.05) is 5.32 Å². The van der Waals surface area contributed by atoms with Gasteiger partial charge in [-0.1, -0.05) is 66.7 Å². The molecule has 132 valence electrons. The number of amides is 1. The van der Waals surface area contributed by atoms with Crippen LogP contribution >= 0.6 is 11.3 Å². The summed E-state index contributed by atoms with van der Waals surface area (Å²) in [7, 11) is 0. The van der Waals surface area contributed by atoms with Crippen LogP contribution in [-0.2, 0) is 0 Å². The van der Waals surface area contributed by atoms with Crippen LogP contribution in [0.1, 0.15) is 9.80 Å². The van der Waals surface area contributed by atoms with Gasteiger partial charge in [0.25, 0.3) is 5.91 Å². The van der Waals surface area contributed by atoms with Crippen LogP contribution in [0.5, 0.6) is 0 Å². The molecule has 27 heavy (non-hydrogen) atoms. The number of halogens is 1. The van der Waals surface area contributed by atoms with Gasteiger partial charge in [-0.25, -0.2) is 9.37 Å². The minimum absolute atomic E-state index is 0.145. The zero-order valence-electron chi connectivity index (χ0n) is 14.2. The predicted molar refractivity (Wildman–Crippen MR) is 107 cm³/mol. The van der Waals surface area contributed by atoms with E-state index >= 15 is 0 Å². The van der Waals surface area contributed by atoms with Gasteiger partial charge >= 0.3 is 0 Å². The summed E-state index contributed by atoms with van der Waals surface area (Å²) < 4.78 is 13.7. The Labute approximate surface area is 160 Å². The Morgan fingerprint density at radius 1 is 0.815 bits per heavy atom. The molecule has 0 aliphatic heterocycles. The van der Waals surface area contributed by atoms with E-state index in [-0.39, 0.29) is 5.69 Å². The summed E-state index contributed by atoms with van der Waals surface area (Å²) in [5.74, 6) is -0.892. The second kappa shape index (κ2) is 7.51. The molecule has 0 atom stereocenters. The minimum atomic E-state index is -0.473. The predicted octanol–water partition coefficient (Wildman–Crippen LogP) is 5.87. The number of benzene rings is 3. The third-order valence-corrected chi connectivity index (χ3v) is 4.95. The second-order valence-corrected chi connectivity index (χ2v) is 6.77. The summed E-state index contributed by atoms with van der Waals surface area (Å²) >= 11 is 1.23. The Kier molecular flexibility index (Phi) is 4.77. The number of anilines is 1. The lowest BCUT2D eigenvalue weighted by atomic mass is 10.0. The van der Waals surface area contributed by atoms with Crippen LogP contribution in [0.2, 0.25) is 0 Å². The van der Waals surface area contributed by atoms with Crippen molar-refractivity contribution in [2.45, 2.75) is 0 Å². The summed E-state index contributed by atoms with van der Waals surface area (Å²) in [4.78, 5) is 16.7. The van der Waals surface area contributed by atoms with E-state index in [1.165, 1.54) is 23.5 Å². The van der Waals surface area contributed by atoms with Crippen LogP contribution in [0.15, 0.2) is 84.2 Å². The van der Waals surface area contributed by atoms with Crippen molar-refractivity contribution >= 4 is 22.9 Å². The molecule has 0 unspecified atom stereocenters. The van der Waals surface area contributed by atoms with Crippen LogP contribution in [0.25, 0.3) is 22.4 Å². The molecule has 0 saturated heterocycles. The van der Waals surface area contributed by atoms with Crippen LogP contribution in [0, 0.1) is 5.82 Å². The quantitative estimate of drug-likeness (QED) is 0.485. The first-order valence-electron chi connectivity index (χ1n) is 8.38. The van der Waals surface area contributed by atoms with Gasteiger partial charge in [-0.3, -0.25) is 4.79 Å². The summed E-state index contributed by atoms with van der Waals surface area (Å²) in [6.45, 7) is 0. The molecule has 0 fully saturated rings. The van der Waals surface area contributed by atoms with Crippen molar-refractivity contribution in [1.82, 2.24) is 4.98 Å². The van der Waals surface area contributed by atoms with Crippen molar-refractivity contribution < 1.29 is 9.18 Å². The normalized spacial score (nSPS) is 10.6. The molecule has 4 rings (SSSR count). The highest BCUT2D eigenvalue weighted by Gasteiger charge is 2.14. The largest absolute Gasteiger partial charge is 0.317 e. The number of para-hydroxylation sites is 1. The monoisotopic (exact) mass is 374 g/mol. The number of rotatable bonds is 4. The van der Waals surface area contributed by atoms with Gasteiger partial charge in [-0.15, -0.1) is 11.3 Å². The summed E-state index contributed by atoms with van der Waals surface area (Å²) in [6, 6.07) is 24.2. The van der Waals surface area contributed by atoms with E-state index in [9.17, 15) is 9.18 Å². The molecule has 0 aliphatic rings. The van der Waals surface area contributed by atoms with Gasteiger partial charge in [0.1, 0.15) is 5.82 Å². The maximum Gasteiger partial charge on any atom is 0.284 e. The average molecular weight is 374 g/mol. The fourth-order valence-corrected chi connectivity index (χ4v) is 3.43. The molecule has 1 heterocycles. The number of nitrogens with one attached hydrogen (secondary N) is 1. The third kappa shape index (κ3) is 3.78. The Morgan fingerprint density at radius 3 is 2.19 bits per heavy atom. The molecular formula is C22H15FN2OS. The Bertz CT molecular complexity index is 1070. The number of carbonyl (C=O) groups excluding carboxylic acids is 1. The van der Waals surface area contributed by atoms with E-state index in [4.69, 9.17) is 0 Å². The molecule has 0 spiro atoms. The minimum Gasteiger partial charge on any atom is -0.317 e. The second-order valence-electron chi connectivity index (χ2n) is 5.92. The first-order valence-corrected chi connectivity index (χ1v) is 9.26. The van der Waals surface area contributed by atoms with Gasteiger partial charge in [-0.05, 0) is 23.3 Å². The van der Waals surface area contributed by atoms with Gasteiger partial charge < -0.3 is 5.32 Å². The lowest BCUT2D eigenvalue weighted by Gasteiger charge is -2.04. The zero-order valence-corrected chi connectivity index (χ0v) is 15.0. The summed E-state index contributed by atoms with van der Waals surface area (Å²) in [5.41, 5.74) is 4.06. The van der Waals surface area contributed by atoms with Crippen molar-refractivity contribution in [1.29, 1.82) is 0 Å². The number of hydrogen-bond donors (Lipinski definition) is 1. The molecule has 1 N–H and O–H groups in total. The summed E-state index contributed by atoms with van der Waals surface area (Å²) in [6.07, 6.45) is 0. The van der Waals surface area contributed by atoms with E-state index in [1.807, 2.05) is 47.8 Å². The first kappa shape index (κ1) is 17.1. The number of aromatic nitrogens is 1. The molecule has 1 aromatic heterocycles. The molecule has 3 aromatic carbocycles. The molecule has 3 nitrogen and oxygen atoms in total. The van der Waals surface area contributed by atoms with Gasteiger partial charge in [0.15, 0.2) is 5.01 Å². The van der Waals surface area contributed by atoms with E-state index in [1.54, 1.807) is 12.1 Å². The average Bonchev–Trinajstić information content (AvgIpc) is 3.21. The highest BCUT2D eigenvalue weighted by Crippen LogP contribution is 2.26. The number of hydrogen-bond acceptors (Lipinski definition) is 3. The number of nitrogens with zero attached hydrogens (tertiary/aromatic N) is 1. The van der Waals surface area contributed by atoms with Gasteiger partial charge in [0.2, 0.25) is 0 Å². The SMILES string of the molecule is O=C(Nc1ccccc1F)c1nc(-c2ccc(-c3ccccc3)cc2)cs1. The molecule has 0 radical (unpaired) electrons. The smallest absolute Gasteiger partial charge is 0.284 e. The van der Waals surface area contributed by atoms with E-state index in [0.717, 1.165) is 22.4 Å². The molecule has 4 aromatic rings. The standard InChI is InChI=1S/C22H15FN2OS/c23-18-8-4-5-9-19(18)24-21(26)22-25-20(14-27-22)17-12-10-16(11-13-17)15-6-2-1-3-7-15/h1-14H,(H,24,26). The van der Waals surface area contributed by atoms with Crippen LogP contribution in [0.4, 0.5) is 10.1 Å². The molecule has 5 heteroatoms.